The second-order valence-corrected chi connectivity index (χ2v) is 12.6. The number of aromatic amines is 1. The van der Waals surface area contributed by atoms with Gasteiger partial charge in [-0.2, -0.15) is 0 Å². The van der Waals surface area contributed by atoms with Crippen molar-refractivity contribution < 1.29 is 9.59 Å². The monoisotopic (exact) mass is 512 g/mol. The topological polar surface area (TPSA) is 86.0 Å². The van der Waals surface area contributed by atoms with Gasteiger partial charge in [-0.05, 0) is 92.2 Å². The molecule has 3 amide bonds. The third-order valence-electron chi connectivity index (χ3n) is 9.44. The van der Waals surface area contributed by atoms with Crippen LogP contribution in [0.5, 0.6) is 0 Å². The van der Waals surface area contributed by atoms with Gasteiger partial charge in [0.05, 0.1) is 0 Å². The normalized spacial score (nSPS) is 27.1. The van der Waals surface area contributed by atoms with Crippen LogP contribution in [0.2, 0.25) is 0 Å². The molecule has 4 aliphatic rings. The van der Waals surface area contributed by atoms with Crippen LogP contribution < -0.4 is 16.0 Å². The van der Waals surface area contributed by atoms with Gasteiger partial charge in [-0.25, -0.2) is 4.79 Å². The lowest BCUT2D eigenvalue weighted by atomic mass is 9.49. The molecule has 1 heterocycles. The maximum Gasteiger partial charge on any atom is 0.315 e. The summed E-state index contributed by atoms with van der Waals surface area (Å²) in [5.41, 5.74) is 2.38. The maximum absolute atomic E-state index is 13.6. The third-order valence-corrected chi connectivity index (χ3v) is 9.44. The Bertz CT molecular complexity index is 1260. The molecular formula is C32H40N4O2. The molecule has 7 rings (SSSR count). The van der Waals surface area contributed by atoms with Crippen molar-refractivity contribution in [2.24, 2.45) is 23.2 Å². The highest BCUT2D eigenvalue weighted by Gasteiger charge is 2.51. The Hall–Kier alpha value is -3.28. The number of hydrogen-bond donors (Lipinski definition) is 4. The zero-order chi connectivity index (χ0) is 26.2. The summed E-state index contributed by atoms with van der Waals surface area (Å²) in [5, 5.41) is 10.5. The van der Waals surface area contributed by atoms with Crippen LogP contribution in [-0.4, -0.2) is 35.6 Å². The summed E-state index contributed by atoms with van der Waals surface area (Å²) in [6, 6.07) is 18.0. The minimum Gasteiger partial charge on any atom is -0.361 e. The van der Waals surface area contributed by atoms with Crippen molar-refractivity contribution in [2.45, 2.75) is 63.8 Å². The number of carbonyl (C=O) groups excluding carboxylic acids is 2. The summed E-state index contributed by atoms with van der Waals surface area (Å²) < 4.78 is 0. The molecule has 1 atom stereocenters. The van der Waals surface area contributed by atoms with E-state index < -0.39 is 5.54 Å². The van der Waals surface area contributed by atoms with E-state index in [1.54, 1.807) is 0 Å². The lowest BCUT2D eigenvalue weighted by Crippen LogP contribution is -2.61. The van der Waals surface area contributed by atoms with Gasteiger partial charge in [0.15, 0.2) is 0 Å². The van der Waals surface area contributed by atoms with Crippen molar-refractivity contribution in [3.05, 3.63) is 71.9 Å². The van der Waals surface area contributed by atoms with Crippen LogP contribution in [0, 0.1) is 23.2 Å². The number of amides is 3. The van der Waals surface area contributed by atoms with Gasteiger partial charge in [-0.1, -0.05) is 48.5 Å². The fourth-order valence-corrected chi connectivity index (χ4v) is 8.07. The van der Waals surface area contributed by atoms with E-state index in [0.717, 1.165) is 40.6 Å². The summed E-state index contributed by atoms with van der Waals surface area (Å²) in [4.78, 5) is 30.3. The van der Waals surface area contributed by atoms with Crippen LogP contribution in [-0.2, 0) is 17.6 Å². The number of nitrogens with one attached hydrogen (secondary N) is 4. The molecule has 4 saturated carbocycles. The lowest BCUT2D eigenvalue weighted by Gasteiger charge is -2.56. The van der Waals surface area contributed by atoms with Gasteiger partial charge in [-0.3, -0.25) is 4.79 Å². The minimum absolute atomic E-state index is 0.163. The molecule has 0 radical (unpaired) electrons. The lowest BCUT2D eigenvalue weighted by molar-refractivity contribution is -0.126. The zero-order valence-corrected chi connectivity index (χ0v) is 22.4. The van der Waals surface area contributed by atoms with E-state index in [2.05, 4.69) is 39.1 Å². The molecule has 0 spiro atoms. The van der Waals surface area contributed by atoms with E-state index in [1.807, 2.05) is 49.5 Å². The van der Waals surface area contributed by atoms with Crippen molar-refractivity contribution in [2.75, 3.05) is 13.1 Å². The molecule has 38 heavy (non-hydrogen) atoms. The molecule has 0 saturated heterocycles. The molecule has 6 nitrogen and oxygen atoms in total. The highest BCUT2D eigenvalue weighted by Crippen LogP contribution is 2.59. The number of para-hydroxylation sites is 1. The first-order valence-electron chi connectivity index (χ1n) is 14.3. The number of H-pyrrole nitrogens is 1. The molecule has 6 heteroatoms. The van der Waals surface area contributed by atoms with Gasteiger partial charge in [-0.15, -0.1) is 0 Å². The predicted molar refractivity (Wildman–Crippen MR) is 151 cm³/mol. The first kappa shape index (κ1) is 25.0. The predicted octanol–water partition coefficient (Wildman–Crippen LogP) is 5.34. The van der Waals surface area contributed by atoms with Crippen molar-refractivity contribution in [3.8, 4) is 0 Å². The summed E-state index contributed by atoms with van der Waals surface area (Å²) in [5.74, 6) is 2.36. The van der Waals surface area contributed by atoms with E-state index in [9.17, 15) is 9.59 Å². The first-order chi connectivity index (χ1) is 18.4. The standard InChI is InChI=1S/C32H40N4O2/c1-31(19-26-20-34-28-10-6-5-9-27(26)28,29(37)33-12-11-22-7-3-2-4-8-22)36-30(38)35-21-32-16-23-13-24(17-32)15-25(14-23)18-32/h2-10,20,23-25,34H,11-19,21H2,1H3,(H,33,37)(H2,35,36,38)/t23?,24?,25?,31-,32?/m0/s1. The summed E-state index contributed by atoms with van der Waals surface area (Å²) >= 11 is 0. The van der Waals surface area contributed by atoms with Gasteiger partial charge in [0.25, 0.3) is 0 Å². The second-order valence-electron chi connectivity index (χ2n) is 12.6. The Morgan fingerprint density at radius 3 is 2.29 bits per heavy atom. The van der Waals surface area contributed by atoms with Crippen LogP contribution in [0.1, 0.15) is 56.6 Å². The maximum atomic E-state index is 13.6. The Morgan fingerprint density at radius 2 is 1.58 bits per heavy atom. The fourth-order valence-electron chi connectivity index (χ4n) is 8.07. The van der Waals surface area contributed by atoms with Crippen LogP contribution >= 0.6 is 0 Å². The average molecular weight is 513 g/mol. The highest BCUT2D eigenvalue weighted by atomic mass is 16.2. The molecule has 4 bridgehead atoms. The first-order valence-corrected chi connectivity index (χ1v) is 14.3. The zero-order valence-electron chi connectivity index (χ0n) is 22.4. The number of hydrogen-bond acceptors (Lipinski definition) is 2. The van der Waals surface area contributed by atoms with E-state index >= 15 is 0 Å². The molecule has 4 aliphatic carbocycles. The number of urea groups is 1. The Morgan fingerprint density at radius 1 is 0.921 bits per heavy atom. The van der Waals surface area contributed by atoms with Gasteiger partial charge in [0.2, 0.25) is 5.91 Å². The Balaban J connectivity index is 1.14. The summed E-state index contributed by atoms with van der Waals surface area (Å²) in [6.07, 6.45) is 11.0. The second kappa shape index (κ2) is 10.1. The molecule has 0 aliphatic heterocycles. The van der Waals surface area contributed by atoms with Crippen molar-refractivity contribution in [3.63, 3.8) is 0 Å². The van der Waals surface area contributed by atoms with E-state index in [-0.39, 0.29) is 17.4 Å². The van der Waals surface area contributed by atoms with Gasteiger partial charge >= 0.3 is 6.03 Å². The van der Waals surface area contributed by atoms with Gasteiger partial charge in [0.1, 0.15) is 5.54 Å². The van der Waals surface area contributed by atoms with E-state index in [0.29, 0.717) is 19.5 Å². The highest BCUT2D eigenvalue weighted by molar-refractivity contribution is 5.92. The average Bonchev–Trinajstić information content (AvgIpc) is 3.30. The fraction of sp³-hybridized carbons (Fsp3) is 0.500. The molecule has 4 fully saturated rings. The molecule has 2 aromatic carbocycles. The SMILES string of the molecule is C[C@@](Cc1c[nH]c2ccccc12)(NC(=O)NCC12CC3CC(CC(C3)C1)C2)C(=O)NCCc1ccccc1. The molecule has 4 N–H and O–H groups in total. The van der Waals surface area contributed by atoms with Crippen molar-refractivity contribution in [1.29, 1.82) is 0 Å². The molecule has 1 aromatic heterocycles. The summed E-state index contributed by atoms with van der Waals surface area (Å²) in [6.45, 7) is 3.07. The number of benzene rings is 2. The number of fused-ring (bicyclic) bond motifs is 1. The molecule has 3 aromatic rings. The number of rotatable bonds is 9. The quantitative estimate of drug-likeness (QED) is 0.312. The Kier molecular flexibility index (Phi) is 6.67. The minimum atomic E-state index is -1.09. The largest absolute Gasteiger partial charge is 0.361 e. The van der Waals surface area contributed by atoms with Crippen LogP contribution in [0.25, 0.3) is 10.9 Å². The smallest absolute Gasteiger partial charge is 0.315 e. The molecular weight excluding hydrogens is 472 g/mol. The number of aromatic nitrogens is 1. The molecule has 0 unspecified atom stereocenters. The van der Waals surface area contributed by atoms with Gasteiger partial charge in [0, 0.05) is 36.6 Å². The van der Waals surface area contributed by atoms with Crippen LogP contribution in [0.3, 0.4) is 0 Å². The van der Waals surface area contributed by atoms with E-state index in [4.69, 9.17) is 0 Å². The Labute approximate surface area is 225 Å². The van der Waals surface area contributed by atoms with E-state index in [1.165, 1.54) is 44.1 Å². The summed E-state index contributed by atoms with van der Waals surface area (Å²) in [7, 11) is 0. The van der Waals surface area contributed by atoms with Crippen molar-refractivity contribution >= 4 is 22.8 Å². The number of carbonyl (C=O) groups is 2. The third kappa shape index (κ3) is 5.18. The van der Waals surface area contributed by atoms with Crippen molar-refractivity contribution in [1.82, 2.24) is 20.9 Å². The van der Waals surface area contributed by atoms with Gasteiger partial charge < -0.3 is 20.9 Å². The van der Waals surface area contributed by atoms with Crippen LogP contribution in [0.4, 0.5) is 4.79 Å². The van der Waals surface area contributed by atoms with Crippen LogP contribution in [0.15, 0.2) is 60.8 Å². The molecule has 200 valence electrons.